The maximum atomic E-state index is 12.5. The van der Waals surface area contributed by atoms with E-state index in [4.69, 9.17) is 4.74 Å². The van der Waals surface area contributed by atoms with Crippen molar-refractivity contribution in [3.05, 3.63) is 42.2 Å². The third kappa shape index (κ3) is 3.71. The number of carbonyl (C=O) groups is 1. The zero-order chi connectivity index (χ0) is 19.7. The lowest BCUT2D eigenvalue weighted by molar-refractivity contribution is 0.123. The zero-order valence-corrected chi connectivity index (χ0v) is 16.9. The van der Waals surface area contributed by atoms with Gasteiger partial charge >= 0.3 is 6.03 Å². The summed E-state index contributed by atoms with van der Waals surface area (Å²) in [4.78, 5) is 18.7. The van der Waals surface area contributed by atoms with Crippen molar-refractivity contribution < 1.29 is 9.53 Å². The molecule has 0 radical (unpaired) electrons. The van der Waals surface area contributed by atoms with Crippen LogP contribution in [0.3, 0.4) is 0 Å². The Labute approximate surface area is 166 Å². The van der Waals surface area contributed by atoms with Crippen LogP contribution in [0.1, 0.15) is 18.4 Å². The van der Waals surface area contributed by atoms with Crippen LogP contribution in [0, 0.1) is 5.92 Å². The summed E-state index contributed by atoms with van der Waals surface area (Å²) in [6, 6.07) is 8.44. The maximum Gasteiger partial charge on any atom is 0.319 e. The van der Waals surface area contributed by atoms with Crippen molar-refractivity contribution in [2.75, 3.05) is 40.8 Å². The standard InChI is InChI=1S/C21H29N5O2/c1-23(2)21(27)25-12-16-8-9-18(15-25)24(11-16)13-17-10-22-26(14-17)19-6-4-5-7-20(19)28-3/h4-7,10,14,16,18H,8-9,11-13,15H2,1-3H3. The van der Waals surface area contributed by atoms with Crippen LogP contribution in [0.2, 0.25) is 0 Å². The molecule has 2 aromatic rings. The van der Waals surface area contributed by atoms with E-state index in [1.54, 1.807) is 12.0 Å². The molecule has 28 heavy (non-hydrogen) atoms. The van der Waals surface area contributed by atoms with Gasteiger partial charge in [0.2, 0.25) is 0 Å². The van der Waals surface area contributed by atoms with Crippen LogP contribution in [-0.4, -0.2) is 77.4 Å². The highest BCUT2D eigenvalue weighted by molar-refractivity contribution is 5.74. The van der Waals surface area contributed by atoms with E-state index < -0.39 is 0 Å². The van der Waals surface area contributed by atoms with Crippen LogP contribution in [0.4, 0.5) is 4.79 Å². The number of benzene rings is 1. The van der Waals surface area contributed by atoms with Crippen molar-refractivity contribution >= 4 is 6.03 Å². The van der Waals surface area contributed by atoms with Gasteiger partial charge in [0.05, 0.1) is 13.3 Å². The highest BCUT2D eigenvalue weighted by Gasteiger charge is 2.36. The van der Waals surface area contributed by atoms with Gasteiger partial charge in [-0.05, 0) is 30.9 Å². The predicted molar refractivity (Wildman–Crippen MR) is 108 cm³/mol. The minimum absolute atomic E-state index is 0.128. The van der Waals surface area contributed by atoms with Crippen LogP contribution in [0.25, 0.3) is 5.69 Å². The molecule has 0 N–H and O–H groups in total. The van der Waals surface area contributed by atoms with Gasteiger partial charge in [0.15, 0.2) is 0 Å². The molecular weight excluding hydrogens is 354 g/mol. The summed E-state index contributed by atoms with van der Waals surface area (Å²) in [5.41, 5.74) is 2.13. The first-order valence-electron chi connectivity index (χ1n) is 9.92. The quantitative estimate of drug-likeness (QED) is 0.814. The van der Waals surface area contributed by atoms with Crippen LogP contribution < -0.4 is 4.74 Å². The molecule has 2 atom stereocenters. The molecule has 3 fully saturated rings. The smallest absolute Gasteiger partial charge is 0.319 e. The van der Waals surface area contributed by atoms with Gasteiger partial charge in [-0.3, -0.25) is 4.90 Å². The molecule has 4 heterocycles. The third-order valence-corrected chi connectivity index (χ3v) is 5.83. The van der Waals surface area contributed by atoms with Crippen molar-refractivity contribution in [3.63, 3.8) is 0 Å². The van der Waals surface area contributed by atoms with Crippen molar-refractivity contribution in [1.82, 2.24) is 24.5 Å². The van der Waals surface area contributed by atoms with E-state index >= 15 is 0 Å². The Morgan fingerprint density at radius 1 is 1.21 bits per heavy atom. The van der Waals surface area contributed by atoms with Gasteiger partial charge in [0.1, 0.15) is 11.4 Å². The number of amides is 2. The van der Waals surface area contributed by atoms with Crippen molar-refractivity contribution in [2.24, 2.45) is 5.92 Å². The Morgan fingerprint density at radius 3 is 2.82 bits per heavy atom. The molecule has 0 saturated carbocycles. The molecule has 1 aromatic carbocycles. The number of nitrogens with zero attached hydrogens (tertiary/aromatic N) is 5. The van der Waals surface area contributed by atoms with E-state index in [0.29, 0.717) is 12.0 Å². The topological polar surface area (TPSA) is 53.8 Å². The number of fused-ring (bicyclic) bond motifs is 4. The Morgan fingerprint density at radius 2 is 2.04 bits per heavy atom. The van der Waals surface area contributed by atoms with Gasteiger partial charge in [0, 0.05) is 58.1 Å². The fourth-order valence-corrected chi connectivity index (χ4v) is 4.44. The Kier molecular flexibility index (Phi) is 5.26. The normalized spacial score (nSPS) is 22.2. The molecule has 3 saturated heterocycles. The van der Waals surface area contributed by atoms with E-state index in [2.05, 4.69) is 16.2 Å². The first kappa shape index (κ1) is 18.8. The minimum Gasteiger partial charge on any atom is -0.494 e. The fourth-order valence-electron chi connectivity index (χ4n) is 4.44. The largest absolute Gasteiger partial charge is 0.494 e. The van der Waals surface area contributed by atoms with Crippen molar-refractivity contribution in [3.8, 4) is 11.4 Å². The molecule has 1 aromatic heterocycles. The first-order chi connectivity index (χ1) is 13.5. The number of carbonyl (C=O) groups excluding carboxylic acids is 1. The molecule has 2 bridgehead atoms. The van der Waals surface area contributed by atoms with Crippen LogP contribution in [-0.2, 0) is 6.54 Å². The molecule has 2 unspecified atom stereocenters. The molecule has 150 valence electrons. The summed E-state index contributed by atoms with van der Waals surface area (Å²) < 4.78 is 7.34. The van der Waals surface area contributed by atoms with E-state index in [-0.39, 0.29) is 6.03 Å². The average molecular weight is 383 g/mol. The summed E-state index contributed by atoms with van der Waals surface area (Å²) >= 11 is 0. The molecule has 7 heteroatoms. The summed E-state index contributed by atoms with van der Waals surface area (Å²) in [6.45, 7) is 3.58. The molecular formula is C21H29N5O2. The lowest BCUT2D eigenvalue weighted by Crippen LogP contribution is -2.45. The molecule has 0 spiro atoms. The number of aromatic nitrogens is 2. The van der Waals surface area contributed by atoms with E-state index in [1.807, 2.05) is 54.1 Å². The number of rotatable bonds is 4. The fraction of sp³-hybridized carbons (Fsp3) is 0.524. The summed E-state index contributed by atoms with van der Waals surface area (Å²) in [7, 11) is 5.34. The SMILES string of the molecule is COc1ccccc1-n1cc(CN2CC3CCC2CN(C(=O)N(C)C)C3)cn1. The van der Waals surface area contributed by atoms with E-state index in [9.17, 15) is 4.79 Å². The number of hydrogen-bond acceptors (Lipinski definition) is 4. The Bertz CT molecular complexity index is 834. The molecule has 2 amide bonds. The van der Waals surface area contributed by atoms with Crippen LogP contribution in [0.5, 0.6) is 5.75 Å². The second-order valence-electron chi connectivity index (χ2n) is 8.07. The molecule has 3 aliphatic heterocycles. The summed E-state index contributed by atoms with van der Waals surface area (Å²) in [6.07, 6.45) is 6.38. The Balaban J connectivity index is 1.48. The Hall–Kier alpha value is -2.54. The van der Waals surface area contributed by atoms with Crippen LogP contribution >= 0.6 is 0 Å². The molecule has 7 nitrogen and oxygen atoms in total. The van der Waals surface area contributed by atoms with Crippen molar-refractivity contribution in [1.29, 1.82) is 0 Å². The molecule has 3 aliphatic rings. The summed E-state index contributed by atoms with van der Waals surface area (Å²) in [5.74, 6) is 1.36. The number of urea groups is 1. The van der Waals surface area contributed by atoms with Gasteiger partial charge in [0.25, 0.3) is 0 Å². The maximum absolute atomic E-state index is 12.5. The van der Waals surface area contributed by atoms with E-state index in [1.165, 1.54) is 12.0 Å². The second-order valence-corrected chi connectivity index (χ2v) is 8.07. The van der Waals surface area contributed by atoms with Gasteiger partial charge in [-0.25, -0.2) is 9.48 Å². The minimum atomic E-state index is 0.128. The zero-order valence-electron chi connectivity index (χ0n) is 16.9. The number of ether oxygens (including phenoxy) is 1. The van der Waals surface area contributed by atoms with Gasteiger partial charge in [-0.2, -0.15) is 5.10 Å². The molecule has 5 rings (SSSR count). The highest BCUT2D eigenvalue weighted by atomic mass is 16.5. The number of hydrogen-bond donors (Lipinski definition) is 0. The monoisotopic (exact) mass is 383 g/mol. The third-order valence-electron chi connectivity index (χ3n) is 5.83. The first-order valence-corrected chi connectivity index (χ1v) is 9.92. The lowest BCUT2D eigenvalue weighted by atomic mass is 9.95. The average Bonchev–Trinajstić information content (AvgIpc) is 2.97. The van der Waals surface area contributed by atoms with Crippen molar-refractivity contribution in [2.45, 2.75) is 25.4 Å². The van der Waals surface area contributed by atoms with E-state index in [0.717, 1.165) is 44.0 Å². The molecule has 0 aliphatic carbocycles. The second kappa shape index (κ2) is 7.83. The number of piperidine rings is 1. The lowest BCUT2D eigenvalue weighted by Gasteiger charge is -2.35. The number of para-hydroxylation sites is 2. The van der Waals surface area contributed by atoms with Gasteiger partial charge in [-0.15, -0.1) is 0 Å². The summed E-state index contributed by atoms with van der Waals surface area (Å²) in [5, 5.41) is 4.55. The number of methoxy groups -OCH3 is 1. The predicted octanol–water partition coefficient (Wildman–Crippen LogP) is 2.46. The van der Waals surface area contributed by atoms with Crippen LogP contribution in [0.15, 0.2) is 36.7 Å². The van der Waals surface area contributed by atoms with Gasteiger partial charge in [-0.1, -0.05) is 12.1 Å². The highest BCUT2D eigenvalue weighted by Crippen LogP contribution is 2.30. The van der Waals surface area contributed by atoms with Gasteiger partial charge < -0.3 is 14.5 Å².